The van der Waals surface area contributed by atoms with Crippen molar-refractivity contribution in [1.82, 2.24) is 14.7 Å². The van der Waals surface area contributed by atoms with Crippen molar-refractivity contribution >= 4 is 6.29 Å². The van der Waals surface area contributed by atoms with Crippen LogP contribution in [0.3, 0.4) is 0 Å². The van der Waals surface area contributed by atoms with Crippen LogP contribution in [0, 0.1) is 0 Å². The third-order valence-corrected chi connectivity index (χ3v) is 6.93. The number of piperazine rings is 1. The number of benzene rings is 2. The highest BCUT2D eigenvalue weighted by Crippen LogP contribution is 2.40. The van der Waals surface area contributed by atoms with Gasteiger partial charge < -0.3 is 4.79 Å². The Morgan fingerprint density at radius 1 is 0.821 bits per heavy atom. The van der Waals surface area contributed by atoms with Crippen LogP contribution in [0.25, 0.3) is 0 Å². The van der Waals surface area contributed by atoms with Gasteiger partial charge in [0, 0.05) is 45.3 Å². The average molecular weight is 376 g/mol. The maximum absolute atomic E-state index is 11.4. The van der Waals surface area contributed by atoms with Crippen molar-refractivity contribution in [3.8, 4) is 0 Å². The van der Waals surface area contributed by atoms with Crippen LogP contribution in [0.5, 0.6) is 0 Å². The van der Waals surface area contributed by atoms with Crippen LogP contribution in [0.1, 0.15) is 30.0 Å². The van der Waals surface area contributed by atoms with Gasteiger partial charge in [-0.2, -0.15) is 0 Å². The van der Waals surface area contributed by atoms with Gasteiger partial charge in [-0.1, -0.05) is 60.7 Å². The number of hydrogen-bond donors (Lipinski definition) is 0. The molecule has 0 amide bonds. The van der Waals surface area contributed by atoms with Crippen LogP contribution in [0.15, 0.2) is 60.7 Å². The van der Waals surface area contributed by atoms with E-state index in [-0.39, 0.29) is 5.54 Å². The third kappa shape index (κ3) is 3.30. The quantitative estimate of drug-likeness (QED) is 0.726. The van der Waals surface area contributed by atoms with Gasteiger partial charge in [0.15, 0.2) is 0 Å². The summed E-state index contributed by atoms with van der Waals surface area (Å²) in [4.78, 5) is 19.1. The number of likely N-dealkylation sites (tertiary alicyclic amines) is 1. The standard InChI is InChI=1S/C24H29N3O/c28-19-24(11-12-24)27-15-13-25(14-16-27)22-17-26(18-22)23(20-7-3-1-4-8-20)21-9-5-2-6-10-21/h1-10,19,22-23H,11-18H2. The van der Waals surface area contributed by atoms with Gasteiger partial charge in [-0.05, 0) is 24.0 Å². The van der Waals surface area contributed by atoms with Crippen LogP contribution >= 0.6 is 0 Å². The highest BCUT2D eigenvalue weighted by Gasteiger charge is 2.49. The molecule has 1 saturated carbocycles. The summed E-state index contributed by atoms with van der Waals surface area (Å²) in [6.45, 7) is 6.50. The molecule has 0 radical (unpaired) electrons. The molecule has 146 valence electrons. The Labute approximate surface area is 167 Å². The highest BCUT2D eigenvalue weighted by atomic mass is 16.1. The molecule has 0 spiro atoms. The molecule has 0 N–H and O–H groups in total. The highest BCUT2D eigenvalue weighted by molar-refractivity contribution is 5.68. The molecule has 28 heavy (non-hydrogen) atoms. The summed E-state index contributed by atoms with van der Waals surface area (Å²) in [6, 6.07) is 22.7. The molecule has 2 aromatic rings. The fourth-order valence-electron chi connectivity index (χ4n) is 4.98. The van der Waals surface area contributed by atoms with Gasteiger partial charge in [0.1, 0.15) is 6.29 Å². The predicted molar refractivity (Wildman–Crippen MR) is 111 cm³/mol. The maximum Gasteiger partial charge on any atom is 0.140 e. The first-order valence-corrected chi connectivity index (χ1v) is 10.6. The zero-order valence-corrected chi connectivity index (χ0v) is 16.4. The second-order valence-electron chi connectivity index (χ2n) is 8.58. The number of nitrogens with zero attached hydrogens (tertiary/aromatic N) is 3. The molecule has 2 aliphatic heterocycles. The Bertz CT molecular complexity index is 752. The molecule has 5 rings (SSSR count). The van der Waals surface area contributed by atoms with E-state index in [1.807, 2.05) is 0 Å². The first-order valence-electron chi connectivity index (χ1n) is 10.6. The molecule has 0 aromatic heterocycles. The molecular formula is C24H29N3O. The molecule has 2 heterocycles. The van der Waals surface area contributed by atoms with Crippen molar-refractivity contribution in [3.63, 3.8) is 0 Å². The van der Waals surface area contributed by atoms with E-state index < -0.39 is 0 Å². The normalized spacial score (nSPS) is 23.5. The predicted octanol–water partition coefficient (Wildman–Crippen LogP) is 2.81. The van der Waals surface area contributed by atoms with Crippen molar-refractivity contribution in [2.24, 2.45) is 0 Å². The molecule has 1 aliphatic carbocycles. The Hall–Kier alpha value is -2.01. The van der Waals surface area contributed by atoms with Gasteiger partial charge in [-0.25, -0.2) is 0 Å². The zero-order chi connectivity index (χ0) is 19.0. The molecule has 3 fully saturated rings. The van der Waals surface area contributed by atoms with E-state index in [0.29, 0.717) is 12.1 Å². The van der Waals surface area contributed by atoms with Gasteiger partial charge in [-0.15, -0.1) is 0 Å². The monoisotopic (exact) mass is 375 g/mol. The number of hydrogen-bond acceptors (Lipinski definition) is 4. The van der Waals surface area contributed by atoms with Crippen LogP contribution in [0.2, 0.25) is 0 Å². The van der Waals surface area contributed by atoms with Crippen LogP contribution < -0.4 is 0 Å². The average Bonchev–Trinajstić information content (AvgIpc) is 3.53. The van der Waals surface area contributed by atoms with Crippen molar-refractivity contribution in [2.75, 3.05) is 39.3 Å². The Balaban J connectivity index is 1.23. The number of carbonyl (C=O) groups excluding carboxylic acids is 1. The largest absolute Gasteiger partial charge is 0.301 e. The van der Waals surface area contributed by atoms with E-state index in [0.717, 1.165) is 52.1 Å². The van der Waals surface area contributed by atoms with E-state index in [1.54, 1.807) is 0 Å². The summed E-state index contributed by atoms with van der Waals surface area (Å²) in [5.41, 5.74) is 2.65. The van der Waals surface area contributed by atoms with E-state index >= 15 is 0 Å². The summed E-state index contributed by atoms with van der Waals surface area (Å²) in [5.74, 6) is 0. The van der Waals surface area contributed by atoms with Gasteiger partial charge >= 0.3 is 0 Å². The molecule has 0 unspecified atom stereocenters. The Morgan fingerprint density at radius 2 is 1.36 bits per heavy atom. The lowest BCUT2D eigenvalue weighted by Crippen LogP contribution is -2.64. The summed E-state index contributed by atoms with van der Waals surface area (Å²) in [7, 11) is 0. The molecule has 0 atom stereocenters. The summed E-state index contributed by atoms with van der Waals surface area (Å²) in [6.07, 6.45) is 3.31. The fourth-order valence-corrected chi connectivity index (χ4v) is 4.98. The number of rotatable bonds is 6. The topological polar surface area (TPSA) is 26.8 Å². The summed E-state index contributed by atoms with van der Waals surface area (Å²) < 4.78 is 0. The van der Waals surface area contributed by atoms with E-state index in [2.05, 4.69) is 75.4 Å². The van der Waals surface area contributed by atoms with E-state index in [4.69, 9.17) is 0 Å². The molecule has 4 nitrogen and oxygen atoms in total. The Morgan fingerprint density at radius 3 is 1.82 bits per heavy atom. The van der Waals surface area contributed by atoms with Crippen molar-refractivity contribution in [1.29, 1.82) is 0 Å². The van der Waals surface area contributed by atoms with Crippen LogP contribution in [-0.4, -0.2) is 71.8 Å². The molecule has 4 heteroatoms. The van der Waals surface area contributed by atoms with Gasteiger partial charge in [-0.3, -0.25) is 14.7 Å². The molecule has 2 aromatic carbocycles. The lowest BCUT2D eigenvalue weighted by Gasteiger charge is -2.51. The minimum Gasteiger partial charge on any atom is -0.301 e. The van der Waals surface area contributed by atoms with Gasteiger partial charge in [0.05, 0.1) is 11.6 Å². The van der Waals surface area contributed by atoms with Crippen molar-refractivity contribution in [3.05, 3.63) is 71.8 Å². The SMILES string of the molecule is O=CC1(N2CCN(C3CN(C(c4ccccc4)c4ccccc4)C3)CC2)CC1. The zero-order valence-electron chi connectivity index (χ0n) is 16.4. The minimum absolute atomic E-state index is 0.0938. The Kier molecular flexibility index (Phi) is 4.79. The molecule has 3 aliphatic rings. The van der Waals surface area contributed by atoms with Crippen molar-refractivity contribution in [2.45, 2.75) is 30.5 Å². The van der Waals surface area contributed by atoms with Crippen LogP contribution in [-0.2, 0) is 4.79 Å². The number of carbonyl (C=O) groups is 1. The molecule has 0 bridgehead atoms. The second kappa shape index (κ2) is 7.43. The van der Waals surface area contributed by atoms with Crippen molar-refractivity contribution < 1.29 is 4.79 Å². The lowest BCUT2D eigenvalue weighted by atomic mass is 9.92. The maximum atomic E-state index is 11.4. The van der Waals surface area contributed by atoms with Gasteiger partial charge in [0.25, 0.3) is 0 Å². The van der Waals surface area contributed by atoms with Crippen LogP contribution in [0.4, 0.5) is 0 Å². The van der Waals surface area contributed by atoms with Gasteiger partial charge in [0.2, 0.25) is 0 Å². The second-order valence-corrected chi connectivity index (χ2v) is 8.58. The summed E-state index contributed by atoms with van der Waals surface area (Å²) in [5, 5.41) is 0. The molecular weight excluding hydrogens is 346 g/mol. The first-order chi connectivity index (χ1) is 13.8. The lowest BCUT2D eigenvalue weighted by molar-refractivity contribution is -0.115. The minimum atomic E-state index is -0.0938. The molecule has 2 saturated heterocycles. The smallest absolute Gasteiger partial charge is 0.140 e. The number of aldehydes is 1. The third-order valence-electron chi connectivity index (χ3n) is 6.93. The summed E-state index contributed by atoms with van der Waals surface area (Å²) >= 11 is 0. The van der Waals surface area contributed by atoms with E-state index in [9.17, 15) is 4.79 Å². The first kappa shape index (κ1) is 18.0. The fraction of sp³-hybridized carbons (Fsp3) is 0.458. The van der Waals surface area contributed by atoms with E-state index in [1.165, 1.54) is 17.4 Å².